The SMILES string of the molecule is CNCC1CCCN(CCCC(=O)N2CCOCC2)C1. The largest absolute Gasteiger partial charge is 0.378 e. The van der Waals surface area contributed by atoms with Crippen molar-refractivity contribution in [2.24, 2.45) is 5.92 Å². The van der Waals surface area contributed by atoms with Gasteiger partial charge in [-0.2, -0.15) is 0 Å². The minimum Gasteiger partial charge on any atom is -0.378 e. The summed E-state index contributed by atoms with van der Waals surface area (Å²) in [5.74, 6) is 1.08. The van der Waals surface area contributed by atoms with Gasteiger partial charge in [-0.3, -0.25) is 4.79 Å². The Hall–Kier alpha value is -0.650. The first-order chi connectivity index (χ1) is 9.79. The normalized spacial score (nSPS) is 24.9. The molecule has 0 aliphatic carbocycles. The number of carbonyl (C=O) groups excluding carboxylic acids is 1. The van der Waals surface area contributed by atoms with Gasteiger partial charge < -0.3 is 19.9 Å². The number of nitrogens with one attached hydrogen (secondary N) is 1. The third-order valence-electron chi connectivity index (χ3n) is 4.32. The predicted molar refractivity (Wildman–Crippen MR) is 79.7 cm³/mol. The molecule has 0 spiro atoms. The molecule has 5 heteroatoms. The van der Waals surface area contributed by atoms with E-state index in [9.17, 15) is 4.79 Å². The topological polar surface area (TPSA) is 44.8 Å². The molecule has 2 fully saturated rings. The van der Waals surface area contributed by atoms with Crippen molar-refractivity contribution in [3.63, 3.8) is 0 Å². The summed E-state index contributed by atoms with van der Waals surface area (Å²) in [6, 6.07) is 0. The standard InChI is InChI=1S/C15H29N3O2/c1-16-12-14-4-2-6-17(13-14)7-3-5-15(19)18-8-10-20-11-9-18/h14,16H,2-13H2,1H3. The maximum atomic E-state index is 12.0. The molecule has 1 amide bonds. The van der Waals surface area contributed by atoms with Crippen LogP contribution in [-0.4, -0.2) is 75.2 Å². The fourth-order valence-electron chi connectivity index (χ4n) is 3.23. The maximum absolute atomic E-state index is 12.0. The van der Waals surface area contributed by atoms with Gasteiger partial charge in [-0.25, -0.2) is 0 Å². The van der Waals surface area contributed by atoms with Crippen molar-refractivity contribution in [3.8, 4) is 0 Å². The third kappa shape index (κ3) is 5.04. The average molecular weight is 283 g/mol. The quantitative estimate of drug-likeness (QED) is 0.773. The highest BCUT2D eigenvalue weighted by molar-refractivity contribution is 5.76. The molecule has 0 aromatic carbocycles. The molecule has 2 aliphatic rings. The highest BCUT2D eigenvalue weighted by Gasteiger charge is 2.20. The summed E-state index contributed by atoms with van der Waals surface area (Å²) in [6.07, 6.45) is 4.31. The fraction of sp³-hybridized carbons (Fsp3) is 0.933. The van der Waals surface area contributed by atoms with Crippen LogP contribution in [-0.2, 0) is 9.53 Å². The summed E-state index contributed by atoms with van der Waals surface area (Å²) in [7, 11) is 2.03. The van der Waals surface area contributed by atoms with E-state index < -0.39 is 0 Å². The van der Waals surface area contributed by atoms with E-state index in [2.05, 4.69) is 10.2 Å². The molecule has 2 saturated heterocycles. The molecule has 0 aromatic heterocycles. The molecule has 2 heterocycles. The Bertz CT molecular complexity index is 291. The van der Waals surface area contributed by atoms with Gasteiger partial charge in [0, 0.05) is 26.1 Å². The van der Waals surface area contributed by atoms with Crippen molar-refractivity contribution in [1.29, 1.82) is 0 Å². The molecule has 0 radical (unpaired) electrons. The van der Waals surface area contributed by atoms with Crippen LogP contribution in [0.1, 0.15) is 25.7 Å². The number of rotatable bonds is 6. The van der Waals surface area contributed by atoms with E-state index in [-0.39, 0.29) is 0 Å². The average Bonchev–Trinajstić information content (AvgIpc) is 2.49. The van der Waals surface area contributed by atoms with Crippen molar-refractivity contribution >= 4 is 5.91 Å². The number of hydrogen-bond acceptors (Lipinski definition) is 4. The molecule has 0 bridgehead atoms. The molecule has 116 valence electrons. The minimum absolute atomic E-state index is 0.303. The zero-order chi connectivity index (χ0) is 14.2. The Morgan fingerprint density at radius 1 is 1.30 bits per heavy atom. The van der Waals surface area contributed by atoms with Crippen LogP contribution in [0.4, 0.5) is 0 Å². The maximum Gasteiger partial charge on any atom is 0.222 e. The Labute approximate surface area is 122 Å². The number of piperidine rings is 1. The van der Waals surface area contributed by atoms with Gasteiger partial charge in [0.25, 0.3) is 0 Å². The second-order valence-corrected chi connectivity index (χ2v) is 5.96. The summed E-state index contributed by atoms with van der Waals surface area (Å²) in [5.41, 5.74) is 0. The minimum atomic E-state index is 0.303. The lowest BCUT2D eigenvalue weighted by atomic mass is 9.98. The van der Waals surface area contributed by atoms with E-state index in [0.717, 1.165) is 38.5 Å². The van der Waals surface area contributed by atoms with Crippen LogP contribution in [0.15, 0.2) is 0 Å². The first kappa shape index (κ1) is 15.7. The third-order valence-corrected chi connectivity index (χ3v) is 4.32. The molecular weight excluding hydrogens is 254 g/mol. The van der Waals surface area contributed by atoms with E-state index in [0.29, 0.717) is 25.5 Å². The van der Waals surface area contributed by atoms with Crippen LogP contribution in [0.25, 0.3) is 0 Å². The molecule has 5 nitrogen and oxygen atoms in total. The van der Waals surface area contributed by atoms with E-state index in [1.165, 1.54) is 25.9 Å². The van der Waals surface area contributed by atoms with Gasteiger partial charge in [-0.1, -0.05) is 0 Å². The molecule has 1 N–H and O–H groups in total. The van der Waals surface area contributed by atoms with E-state index in [1.807, 2.05) is 11.9 Å². The highest BCUT2D eigenvalue weighted by Crippen LogP contribution is 2.16. The summed E-state index contributed by atoms with van der Waals surface area (Å²) >= 11 is 0. The van der Waals surface area contributed by atoms with Crippen LogP contribution >= 0.6 is 0 Å². The molecule has 1 unspecified atom stereocenters. The monoisotopic (exact) mass is 283 g/mol. The van der Waals surface area contributed by atoms with Crippen molar-refractivity contribution in [2.75, 3.05) is 59.5 Å². The van der Waals surface area contributed by atoms with Crippen LogP contribution in [0, 0.1) is 5.92 Å². The number of carbonyl (C=O) groups is 1. The second-order valence-electron chi connectivity index (χ2n) is 5.96. The molecule has 0 saturated carbocycles. The summed E-state index contributed by atoms with van der Waals surface area (Å²) < 4.78 is 5.28. The van der Waals surface area contributed by atoms with Gasteiger partial charge in [-0.15, -0.1) is 0 Å². The van der Waals surface area contributed by atoms with Crippen LogP contribution in [0.5, 0.6) is 0 Å². The van der Waals surface area contributed by atoms with E-state index in [4.69, 9.17) is 4.74 Å². The van der Waals surface area contributed by atoms with Gasteiger partial charge in [0.1, 0.15) is 0 Å². The van der Waals surface area contributed by atoms with Crippen molar-refractivity contribution in [1.82, 2.24) is 15.1 Å². The lowest BCUT2D eigenvalue weighted by molar-refractivity contribution is -0.135. The number of hydrogen-bond donors (Lipinski definition) is 1. The number of morpholine rings is 1. The lowest BCUT2D eigenvalue weighted by Crippen LogP contribution is -2.42. The molecule has 0 aromatic rings. The first-order valence-corrected chi connectivity index (χ1v) is 8.02. The molecule has 2 aliphatic heterocycles. The van der Waals surface area contributed by atoms with Gasteiger partial charge in [0.15, 0.2) is 0 Å². The number of amides is 1. The number of ether oxygens (including phenoxy) is 1. The van der Waals surface area contributed by atoms with E-state index in [1.54, 1.807) is 0 Å². The number of likely N-dealkylation sites (tertiary alicyclic amines) is 1. The van der Waals surface area contributed by atoms with Crippen molar-refractivity contribution < 1.29 is 9.53 Å². The highest BCUT2D eigenvalue weighted by atomic mass is 16.5. The lowest BCUT2D eigenvalue weighted by Gasteiger charge is -2.33. The zero-order valence-electron chi connectivity index (χ0n) is 12.8. The van der Waals surface area contributed by atoms with Crippen molar-refractivity contribution in [2.45, 2.75) is 25.7 Å². The molecule has 1 atom stereocenters. The Kier molecular flexibility index (Phi) is 6.76. The van der Waals surface area contributed by atoms with Crippen LogP contribution < -0.4 is 5.32 Å². The zero-order valence-corrected chi connectivity index (χ0v) is 12.8. The van der Waals surface area contributed by atoms with Gasteiger partial charge >= 0.3 is 0 Å². The van der Waals surface area contributed by atoms with Crippen LogP contribution in [0.3, 0.4) is 0 Å². The molecular formula is C15H29N3O2. The smallest absolute Gasteiger partial charge is 0.222 e. The summed E-state index contributed by atoms with van der Waals surface area (Å²) in [6.45, 7) is 7.50. The Morgan fingerprint density at radius 2 is 2.10 bits per heavy atom. The van der Waals surface area contributed by atoms with Crippen LogP contribution in [0.2, 0.25) is 0 Å². The molecule has 2 rings (SSSR count). The van der Waals surface area contributed by atoms with Gasteiger partial charge in [0.2, 0.25) is 5.91 Å². The van der Waals surface area contributed by atoms with E-state index >= 15 is 0 Å². The Balaban J connectivity index is 1.61. The fourth-order valence-corrected chi connectivity index (χ4v) is 3.23. The first-order valence-electron chi connectivity index (χ1n) is 8.02. The molecule has 20 heavy (non-hydrogen) atoms. The van der Waals surface area contributed by atoms with Crippen molar-refractivity contribution in [3.05, 3.63) is 0 Å². The summed E-state index contributed by atoms with van der Waals surface area (Å²) in [5, 5.41) is 3.28. The second kappa shape index (κ2) is 8.60. The Morgan fingerprint density at radius 3 is 2.85 bits per heavy atom. The van der Waals surface area contributed by atoms with Gasteiger partial charge in [-0.05, 0) is 51.9 Å². The number of nitrogens with zero attached hydrogens (tertiary/aromatic N) is 2. The summed E-state index contributed by atoms with van der Waals surface area (Å²) in [4.78, 5) is 16.5. The predicted octanol–water partition coefficient (Wildman–Crippen LogP) is 0.557. The van der Waals surface area contributed by atoms with Gasteiger partial charge in [0.05, 0.1) is 13.2 Å².